The lowest BCUT2D eigenvalue weighted by Crippen LogP contribution is -2.30. The third-order valence-corrected chi connectivity index (χ3v) is 7.66. The lowest BCUT2D eigenvalue weighted by Gasteiger charge is -2.16. The van der Waals surface area contributed by atoms with Gasteiger partial charge in [-0.05, 0) is 58.0 Å². The van der Waals surface area contributed by atoms with Crippen molar-refractivity contribution >= 4 is 5.91 Å². The van der Waals surface area contributed by atoms with Crippen LogP contribution in [-0.4, -0.2) is 19.0 Å². The number of benzene rings is 5. The van der Waals surface area contributed by atoms with E-state index in [2.05, 4.69) is 66.1 Å². The minimum Gasteiger partial charge on any atom is -0.489 e. The Morgan fingerprint density at radius 1 is 0.733 bits per heavy atom. The molecule has 0 aliphatic carbocycles. The lowest BCUT2D eigenvalue weighted by molar-refractivity contribution is -0.118. The van der Waals surface area contributed by atoms with Crippen LogP contribution in [0.1, 0.15) is 34.7 Å². The van der Waals surface area contributed by atoms with Crippen LogP contribution >= 0.6 is 0 Å². The minimum atomic E-state index is -0.0472. The highest BCUT2D eigenvalue weighted by Gasteiger charge is 2.11. The summed E-state index contributed by atoms with van der Waals surface area (Å²) in [6, 6.07) is 40.6. The number of nitriles is 1. The monoisotopic (exact) mass is 595 g/mol. The van der Waals surface area contributed by atoms with Gasteiger partial charge in [0.05, 0.1) is 11.6 Å². The van der Waals surface area contributed by atoms with Gasteiger partial charge < -0.3 is 20.1 Å². The van der Waals surface area contributed by atoms with Crippen LogP contribution in [0.2, 0.25) is 0 Å². The zero-order valence-corrected chi connectivity index (χ0v) is 25.7. The SMILES string of the molecule is CC(=O)NCCNCc1ccc(OCc2cccc(-c3ccccc3)c2C)cc1OCc1ccc(-c2ccccc2C#N)cc1. The number of ether oxygens (including phenoxy) is 2. The first kappa shape index (κ1) is 31.1. The summed E-state index contributed by atoms with van der Waals surface area (Å²) in [5.41, 5.74) is 9.26. The fourth-order valence-corrected chi connectivity index (χ4v) is 5.16. The molecule has 0 radical (unpaired) electrons. The summed E-state index contributed by atoms with van der Waals surface area (Å²) in [6.45, 7) is 6.23. The highest BCUT2D eigenvalue weighted by Crippen LogP contribution is 2.30. The Morgan fingerprint density at radius 3 is 2.24 bits per heavy atom. The second-order valence-corrected chi connectivity index (χ2v) is 10.8. The van der Waals surface area contributed by atoms with E-state index in [1.807, 2.05) is 72.8 Å². The third-order valence-electron chi connectivity index (χ3n) is 7.66. The van der Waals surface area contributed by atoms with Gasteiger partial charge in [-0.25, -0.2) is 0 Å². The molecule has 0 aromatic heterocycles. The maximum Gasteiger partial charge on any atom is 0.216 e. The first-order valence-corrected chi connectivity index (χ1v) is 15.1. The van der Waals surface area contributed by atoms with Gasteiger partial charge in [0.1, 0.15) is 24.7 Å². The van der Waals surface area contributed by atoms with Gasteiger partial charge in [0.15, 0.2) is 0 Å². The van der Waals surface area contributed by atoms with E-state index in [0.29, 0.717) is 38.4 Å². The molecule has 0 atom stereocenters. The van der Waals surface area contributed by atoms with E-state index >= 15 is 0 Å². The quantitative estimate of drug-likeness (QED) is 0.137. The molecule has 0 aliphatic rings. The van der Waals surface area contributed by atoms with E-state index in [0.717, 1.165) is 39.3 Å². The van der Waals surface area contributed by atoms with Crippen LogP contribution in [-0.2, 0) is 24.6 Å². The summed E-state index contributed by atoms with van der Waals surface area (Å²) < 4.78 is 12.7. The number of nitrogens with zero attached hydrogens (tertiary/aromatic N) is 1. The molecule has 0 saturated carbocycles. The van der Waals surface area contributed by atoms with Crippen LogP contribution in [0.5, 0.6) is 11.5 Å². The number of hydrogen-bond acceptors (Lipinski definition) is 5. The molecule has 0 bridgehead atoms. The number of rotatable bonds is 13. The average molecular weight is 596 g/mol. The highest BCUT2D eigenvalue weighted by atomic mass is 16.5. The summed E-state index contributed by atoms with van der Waals surface area (Å²) in [7, 11) is 0. The van der Waals surface area contributed by atoms with Gasteiger partial charge in [0.25, 0.3) is 0 Å². The fourth-order valence-electron chi connectivity index (χ4n) is 5.16. The molecule has 2 N–H and O–H groups in total. The molecule has 5 rings (SSSR count). The fraction of sp³-hybridized carbons (Fsp3) is 0.179. The Bertz CT molecular complexity index is 1780. The summed E-state index contributed by atoms with van der Waals surface area (Å²) in [6.07, 6.45) is 0. The van der Waals surface area contributed by atoms with Gasteiger partial charge >= 0.3 is 0 Å². The average Bonchev–Trinajstić information content (AvgIpc) is 3.07. The Labute approximate surface area is 265 Å². The number of carbonyl (C=O) groups is 1. The van der Waals surface area contributed by atoms with Crippen LogP contribution in [0.15, 0.2) is 115 Å². The molecule has 5 aromatic carbocycles. The lowest BCUT2D eigenvalue weighted by atomic mass is 9.97. The molecular weight excluding hydrogens is 558 g/mol. The Hall–Kier alpha value is -5.38. The van der Waals surface area contributed by atoms with Crippen LogP contribution < -0.4 is 20.1 Å². The van der Waals surface area contributed by atoms with Crippen molar-refractivity contribution in [3.8, 4) is 39.8 Å². The summed E-state index contributed by atoms with van der Waals surface area (Å²) >= 11 is 0. The van der Waals surface area contributed by atoms with Gasteiger partial charge in [0.2, 0.25) is 5.91 Å². The Morgan fingerprint density at radius 2 is 1.47 bits per heavy atom. The van der Waals surface area contributed by atoms with Crippen molar-refractivity contribution in [3.63, 3.8) is 0 Å². The normalized spacial score (nSPS) is 10.6. The predicted octanol–water partition coefficient (Wildman–Crippen LogP) is 7.58. The van der Waals surface area contributed by atoms with E-state index < -0.39 is 0 Å². The highest BCUT2D eigenvalue weighted by molar-refractivity contribution is 5.73. The van der Waals surface area contributed by atoms with E-state index in [1.54, 1.807) is 0 Å². The number of carbonyl (C=O) groups excluding carboxylic acids is 1. The molecule has 0 unspecified atom stereocenters. The molecule has 1 amide bonds. The largest absolute Gasteiger partial charge is 0.489 e. The first-order chi connectivity index (χ1) is 22.0. The molecule has 226 valence electrons. The van der Waals surface area contributed by atoms with E-state index in [1.165, 1.54) is 23.6 Å². The van der Waals surface area contributed by atoms with Crippen LogP contribution in [0.25, 0.3) is 22.3 Å². The van der Waals surface area contributed by atoms with Crippen LogP contribution in [0.4, 0.5) is 0 Å². The molecule has 45 heavy (non-hydrogen) atoms. The maximum atomic E-state index is 11.2. The van der Waals surface area contributed by atoms with Crippen LogP contribution in [0.3, 0.4) is 0 Å². The molecule has 0 fully saturated rings. The van der Waals surface area contributed by atoms with E-state index in [4.69, 9.17) is 9.47 Å². The van der Waals surface area contributed by atoms with Crippen molar-refractivity contribution in [2.75, 3.05) is 13.1 Å². The number of nitrogens with one attached hydrogen (secondary N) is 2. The number of hydrogen-bond donors (Lipinski definition) is 2. The number of amides is 1. The van der Waals surface area contributed by atoms with Gasteiger partial charge in [-0.1, -0.05) is 97.1 Å². The Kier molecular flexibility index (Phi) is 10.6. The molecule has 5 aromatic rings. The maximum absolute atomic E-state index is 11.2. The van der Waals surface area contributed by atoms with E-state index in [9.17, 15) is 10.1 Å². The smallest absolute Gasteiger partial charge is 0.216 e. The van der Waals surface area contributed by atoms with Gasteiger partial charge in [-0.2, -0.15) is 5.26 Å². The molecule has 0 spiro atoms. The van der Waals surface area contributed by atoms with Crippen molar-refractivity contribution in [3.05, 3.63) is 143 Å². The summed E-state index contributed by atoms with van der Waals surface area (Å²) in [4.78, 5) is 11.2. The Balaban J connectivity index is 1.30. The van der Waals surface area contributed by atoms with Crippen molar-refractivity contribution in [2.45, 2.75) is 33.6 Å². The first-order valence-electron chi connectivity index (χ1n) is 15.1. The van der Waals surface area contributed by atoms with Crippen molar-refractivity contribution in [2.24, 2.45) is 0 Å². The predicted molar refractivity (Wildman–Crippen MR) is 179 cm³/mol. The van der Waals surface area contributed by atoms with Crippen molar-refractivity contribution < 1.29 is 14.3 Å². The molecule has 6 nitrogen and oxygen atoms in total. The molecule has 0 heterocycles. The molecule has 6 heteroatoms. The molecule has 0 aliphatic heterocycles. The zero-order chi connectivity index (χ0) is 31.4. The van der Waals surface area contributed by atoms with Gasteiger partial charge in [-0.15, -0.1) is 0 Å². The van der Waals surface area contributed by atoms with Gasteiger partial charge in [0, 0.05) is 38.2 Å². The standard InChI is InChI=1S/C39H37N3O3/c1-28-35(12-8-14-37(28)31-9-4-3-5-10-31)27-44-36-20-19-34(25-41-21-22-42-29(2)43)39(23-36)45-26-30-15-17-32(18-16-30)38-13-7-6-11-33(38)24-40/h3-20,23,41H,21-22,25-27H2,1-2H3,(H,42,43). The topological polar surface area (TPSA) is 83.4 Å². The van der Waals surface area contributed by atoms with Gasteiger partial charge in [-0.3, -0.25) is 4.79 Å². The second kappa shape index (κ2) is 15.4. The summed E-state index contributed by atoms with van der Waals surface area (Å²) in [5, 5.41) is 15.7. The molecule has 0 saturated heterocycles. The summed E-state index contributed by atoms with van der Waals surface area (Å²) in [5.74, 6) is 1.40. The van der Waals surface area contributed by atoms with Crippen LogP contribution in [0, 0.1) is 18.3 Å². The molecular formula is C39H37N3O3. The zero-order valence-electron chi connectivity index (χ0n) is 25.7. The van der Waals surface area contributed by atoms with Crippen molar-refractivity contribution in [1.82, 2.24) is 10.6 Å². The van der Waals surface area contributed by atoms with Crippen molar-refractivity contribution in [1.29, 1.82) is 5.26 Å². The van der Waals surface area contributed by atoms with E-state index in [-0.39, 0.29) is 5.91 Å². The minimum absolute atomic E-state index is 0.0472. The second-order valence-electron chi connectivity index (χ2n) is 10.8. The third kappa shape index (κ3) is 8.38.